The summed E-state index contributed by atoms with van der Waals surface area (Å²) in [5.74, 6) is 0.285. The molecule has 2 aromatic carbocycles. The highest BCUT2D eigenvalue weighted by Gasteiger charge is 2.29. The van der Waals surface area contributed by atoms with E-state index in [1.807, 2.05) is 54.6 Å². The Morgan fingerprint density at radius 2 is 1.62 bits per heavy atom. The number of fused-ring (bicyclic) bond motifs is 1. The molecule has 3 N–H and O–H groups in total. The van der Waals surface area contributed by atoms with Crippen molar-refractivity contribution >= 4 is 28.7 Å². The fourth-order valence-corrected chi connectivity index (χ4v) is 4.54. The number of piperazine rings is 1. The fourth-order valence-electron chi connectivity index (χ4n) is 4.54. The summed E-state index contributed by atoms with van der Waals surface area (Å²) in [5.41, 5.74) is 2.48. The first-order chi connectivity index (χ1) is 18.1. The van der Waals surface area contributed by atoms with Crippen LogP contribution in [-0.2, 0) is 17.8 Å². The van der Waals surface area contributed by atoms with Gasteiger partial charge in [0.25, 0.3) is 5.91 Å². The Bertz CT molecular complexity index is 1360. The van der Waals surface area contributed by atoms with E-state index in [1.54, 1.807) is 34.4 Å². The maximum atomic E-state index is 13.1. The van der Waals surface area contributed by atoms with Gasteiger partial charge in [0.05, 0.1) is 18.4 Å². The number of carbonyl (C=O) groups excluding carboxylic acids is 3. The molecule has 5 rings (SSSR count). The first kappa shape index (κ1) is 24.2. The Balaban J connectivity index is 1.20. The highest BCUT2D eigenvalue weighted by Crippen LogP contribution is 2.20. The maximum absolute atomic E-state index is 13.1. The van der Waals surface area contributed by atoms with Gasteiger partial charge in [0.1, 0.15) is 11.8 Å². The summed E-state index contributed by atoms with van der Waals surface area (Å²) >= 11 is 0. The van der Waals surface area contributed by atoms with E-state index in [4.69, 9.17) is 4.42 Å². The van der Waals surface area contributed by atoms with Crippen molar-refractivity contribution < 1.29 is 18.8 Å². The number of hydrogen-bond acceptors (Lipinski definition) is 4. The van der Waals surface area contributed by atoms with Gasteiger partial charge in [0.2, 0.25) is 5.91 Å². The van der Waals surface area contributed by atoms with Crippen LogP contribution in [0.15, 0.2) is 83.6 Å². The van der Waals surface area contributed by atoms with E-state index in [0.717, 1.165) is 16.5 Å². The lowest BCUT2D eigenvalue weighted by Crippen LogP contribution is -2.57. The molecule has 9 heteroatoms. The van der Waals surface area contributed by atoms with Gasteiger partial charge in [-0.15, -0.1) is 0 Å². The minimum Gasteiger partial charge on any atom is -0.467 e. The van der Waals surface area contributed by atoms with Gasteiger partial charge in [-0.3, -0.25) is 9.59 Å². The standard InChI is InChI=1S/C28H29N5O4/c34-26(30-18-21-9-6-16-37-21)25(17-20-7-2-1-3-8-20)31-28(36)33-14-12-32(13-15-33)27(35)23-19-29-24-11-5-4-10-22(23)24/h1-11,16,19,25,29H,12-15,17-18H2,(H,30,34)(H,31,36)/t25-/m0/s1. The Morgan fingerprint density at radius 3 is 2.38 bits per heavy atom. The highest BCUT2D eigenvalue weighted by molar-refractivity contribution is 6.06. The van der Waals surface area contributed by atoms with Crippen LogP contribution >= 0.6 is 0 Å². The molecule has 0 saturated carbocycles. The van der Waals surface area contributed by atoms with Gasteiger partial charge >= 0.3 is 6.03 Å². The van der Waals surface area contributed by atoms with E-state index >= 15 is 0 Å². The Hall–Kier alpha value is -4.53. The summed E-state index contributed by atoms with van der Waals surface area (Å²) in [5, 5.41) is 6.63. The minimum atomic E-state index is -0.754. The fraction of sp³-hybridized carbons (Fsp3) is 0.250. The summed E-state index contributed by atoms with van der Waals surface area (Å²) in [6.45, 7) is 1.83. The second-order valence-electron chi connectivity index (χ2n) is 9.02. The summed E-state index contributed by atoms with van der Waals surface area (Å²) in [4.78, 5) is 45.8. The summed E-state index contributed by atoms with van der Waals surface area (Å²) in [6.07, 6.45) is 3.64. The number of H-pyrrole nitrogens is 1. The van der Waals surface area contributed by atoms with E-state index in [1.165, 1.54) is 0 Å². The zero-order valence-corrected chi connectivity index (χ0v) is 20.4. The number of hydrogen-bond donors (Lipinski definition) is 3. The van der Waals surface area contributed by atoms with Crippen LogP contribution in [0.3, 0.4) is 0 Å². The largest absolute Gasteiger partial charge is 0.467 e. The molecule has 4 aromatic rings. The second kappa shape index (κ2) is 11.0. The average Bonchev–Trinajstić information content (AvgIpc) is 3.62. The number of para-hydroxylation sites is 1. The molecule has 0 spiro atoms. The maximum Gasteiger partial charge on any atom is 0.318 e. The number of carbonyl (C=O) groups is 3. The third-order valence-electron chi connectivity index (χ3n) is 6.59. The van der Waals surface area contributed by atoms with Gasteiger partial charge in [-0.25, -0.2) is 4.79 Å². The van der Waals surface area contributed by atoms with Crippen LogP contribution < -0.4 is 10.6 Å². The lowest BCUT2D eigenvalue weighted by Gasteiger charge is -2.35. The predicted octanol–water partition coefficient (Wildman–Crippen LogP) is 3.16. The van der Waals surface area contributed by atoms with Gasteiger partial charge in [0, 0.05) is 49.7 Å². The molecule has 37 heavy (non-hydrogen) atoms. The van der Waals surface area contributed by atoms with Crippen molar-refractivity contribution in [2.45, 2.75) is 19.0 Å². The molecule has 1 atom stereocenters. The number of urea groups is 1. The Morgan fingerprint density at radius 1 is 0.892 bits per heavy atom. The summed E-state index contributed by atoms with van der Waals surface area (Å²) in [6, 6.07) is 19.7. The molecule has 2 aromatic heterocycles. The van der Waals surface area contributed by atoms with Gasteiger partial charge in [-0.05, 0) is 23.8 Å². The molecule has 190 valence electrons. The number of furan rings is 1. The quantitative estimate of drug-likeness (QED) is 0.363. The number of nitrogens with one attached hydrogen (secondary N) is 3. The molecular formula is C28H29N5O4. The van der Waals surface area contributed by atoms with Crippen LogP contribution in [0.25, 0.3) is 10.9 Å². The van der Waals surface area contributed by atoms with Crippen LogP contribution in [0, 0.1) is 0 Å². The van der Waals surface area contributed by atoms with Crippen LogP contribution in [0.4, 0.5) is 4.79 Å². The number of benzene rings is 2. The molecule has 1 saturated heterocycles. The van der Waals surface area contributed by atoms with Crippen molar-refractivity contribution in [1.29, 1.82) is 0 Å². The molecule has 3 heterocycles. The monoisotopic (exact) mass is 499 g/mol. The van der Waals surface area contributed by atoms with Gasteiger partial charge < -0.3 is 29.8 Å². The molecule has 1 aliphatic rings. The van der Waals surface area contributed by atoms with Crippen molar-refractivity contribution in [3.63, 3.8) is 0 Å². The molecule has 0 aliphatic carbocycles. The number of nitrogens with zero attached hydrogens (tertiary/aromatic N) is 2. The van der Waals surface area contributed by atoms with E-state index < -0.39 is 6.04 Å². The van der Waals surface area contributed by atoms with E-state index in [0.29, 0.717) is 43.9 Å². The highest BCUT2D eigenvalue weighted by atomic mass is 16.3. The first-order valence-corrected chi connectivity index (χ1v) is 12.3. The number of aromatic amines is 1. The van der Waals surface area contributed by atoms with Crippen LogP contribution in [-0.4, -0.2) is 64.9 Å². The van der Waals surface area contributed by atoms with Crippen LogP contribution in [0.5, 0.6) is 0 Å². The predicted molar refractivity (Wildman–Crippen MR) is 139 cm³/mol. The van der Waals surface area contributed by atoms with Crippen molar-refractivity contribution in [3.8, 4) is 0 Å². The smallest absolute Gasteiger partial charge is 0.318 e. The third kappa shape index (κ3) is 5.66. The Labute approximate surface area is 214 Å². The molecule has 1 fully saturated rings. The number of aromatic nitrogens is 1. The number of amides is 4. The van der Waals surface area contributed by atoms with Gasteiger partial charge in [0.15, 0.2) is 0 Å². The zero-order valence-electron chi connectivity index (χ0n) is 20.4. The van der Waals surface area contributed by atoms with Crippen LogP contribution in [0.1, 0.15) is 21.7 Å². The van der Waals surface area contributed by atoms with E-state index in [2.05, 4.69) is 15.6 Å². The average molecular weight is 500 g/mol. The minimum absolute atomic E-state index is 0.0585. The second-order valence-corrected chi connectivity index (χ2v) is 9.02. The molecule has 0 radical (unpaired) electrons. The molecule has 1 aliphatic heterocycles. The lowest BCUT2D eigenvalue weighted by atomic mass is 10.1. The topological polar surface area (TPSA) is 111 Å². The van der Waals surface area contributed by atoms with E-state index in [-0.39, 0.29) is 24.4 Å². The van der Waals surface area contributed by atoms with Crippen molar-refractivity contribution in [3.05, 3.63) is 96.1 Å². The summed E-state index contributed by atoms with van der Waals surface area (Å²) in [7, 11) is 0. The Kier molecular flexibility index (Phi) is 7.21. The third-order valence-corrected chi connectivity index (χ3v) is 6.59. The molecule has 0 unspecified atom stereocenters. The van der Waals surface area contributed by atoms with Gasteiger partial charge in [-0.2, -0.15) is 0 Å². The molecular weight excluding hydrogens is 470 g/mol. The van der Waals surface area contributed by atoms with Crippen molar-refractivity contribution in [1.82, 2.24) is 25.4 Å². The van der Waals surface area contributed by atoms with Crippen molar-refractivity contribution in [2.75, 3.05) is 26.2 Å². The molecule has 0 bridgehead atoms. The van der Waals surface area contributed by atoms with Crippen LogP contribution in [0.2, 0.25) is 0 Å². The zero-order chi connectivity index (χ0) is 25.6. The lowest BCUT2D eigenvalue weighted by molar-refractivity contribution is -0.123. The van der Waals surface area contributed by atoms with Gasteiger partial charge in [-0.1, -0.05) is 48.5 Å². The SMILES string of the molecule is O=C(NCc1ccco1)[C@H](Cc1ccccc1)NC(=O)N1CCN(C(=O)c2c[nH]c3ccccc23)CC1. The van der Waals surface area contributed by atoms with Crippen molar-refractivity contribution in [2.24, 2.45) is 0 Å². The number of rotatable bonds is 7. The first-order valence-electron chi connectivity index (χ1n) is 12.3. The van der Waals surface area contributed by atoms with E-state index in [9.17, 15) is 14.4 Å². The summed E-state index contributed by atoms with van der Waals surface area (Å²) < 4.78 is 5.29. The normalized spacial score (nSPS) is 14.4. The molecule has 4 amide bonds. The molecule has 9 nitrogen and oxygen atoms in total.